The first kappa shape index (κ1) is 26.0. The molecule has 3 amide bonds. The van der Waals surface area contributed by atoms with Crippen LogP contribution in [0.5, 0.6) is 0 Å². The summed E-state index contributed by atoms with van der Waals surface area (Å²) in [5.74, 6) is -1.24. The Morgan fingerprint density at radius 2 is 1.79 bits per heavy atom. The highest BCUT2D eigenvalue weighted by Crippen LogP contribution is 2.26. The molecule has 0 aliphatic carbocycles. The molecule has 0 saturated carbocycles. The molecule has 0 atom stereocenters. The molecule has 0 spiro atoms. The number of likely N-dealkylation sites (tertiary alicyclic amines) is 1. The first-order chi connectivity index (χ1) is 16.4. The van der Waals surface area contributed by atoms with Crippen LogP contribution in [0.1, 0.15) is 59.4 Å². The number of benzene rings is 1. The van der Waals surface area contributed by atoms with Crippen LogP contribution in [-0.2, 0) is 4.79 Å². The van der Waals surface area contributed by atoms with Crippen molar-refractivity contribution in [3.8, 4) is 0 Å². The van der Waals surface area contributed by atoms with E-state index in [4.69, 9.17) is 28.4 Å². The van der Waals surface area contributed by atoms with Crippen molar-refractivity contribution in [3.63, 3.8) is 0 Å². The second-order valence-electron chi connectivity index (χ2n) is 8.14. The number of hydrogen-bond donors (Lipinski definition) is 5. The highest BCUT2D eigenvalue weighted by atomic mass is 35.5. The number of H-pyrrole nitrogens is 1. The summed E-state index contributed by atoms with van der Waals surface area (Å²) in [5.41, 5.74) is 2.17. The molecular formula is C22H28Cl2N6O4. The molecule has 1 fully saturated rings. The van der Waals surface area contributed by atoms with E-state index < -0.39 is 5.91 Å². The van der Waals surface area contributed by atoms with Gasteiger partial charge in [0.05, 0.1) is 27.5 Å². The Balaban J connectivity index is 1.45. The predicted molar refractivity (Wildman–Crippen MR) is 128 cm³/mol. The lowest BCUT2D eigenvalue weighted by Gasteiger charge is -2.32. The van der Waals surface area contributed by atoms with Crippen molar-refractivity contribution in [2.75, 3.05) is 25.0 Å². The first-order valence-electron chi connectivity index (χ1n) is 11.1. The van der Waals surface area contributed by atoms with Crippen molar-refractivity contribution in [1.82, 2.24) is 25.9 Å². The van der Waals surface area contributed by atoms with E-state index in [1.54, 1.807) is 23.7 Å². The van der Waals surface area contributed by atoms with Gasteiger partial charge in [0, 0.05) is 25.6 Å². The molecule has 0 bridgehead atoms. The molecule has 10 nitrogen and oxygen atoms in total. The first-order valence-corrected chi connectivity index (χ1v) is 11.9. The van der Waals surface area contributed by atoms with Gasteiger partial charge in [-0.15, -0.1) is 0 Å². The molecule has 184 valence electrons. The number of nitrogens with zero attached hydrogens (tertiary/aromatic N) is 2. The molecule has 34 heavy (non-hydrogen) atoms. The topological polar surface area (TPSA) is 139 Å². The van der Waals surface area contributed by atoms with Crippen LogP contribution in [0.15, 0.2) is 24.4 Å². The molecule has 1 saturated heterocycles. The maximum atomic E-state index is 12.8. The molecule has 2 heterocycles. The zero-order valence-electron chi connectivity index (χ0n) is 18.6. The number of piperidine rings is 1. The van der Waals surface area contributed by atoms with Crippen LogP contribution >= 0.6 is 23.2 Å². The third kappa shape index (κ3) is 7.17. The van der Waals surface area contributed by atoms with E-state index >= 15 is 0 Å². The Bertz CT molecular complexity index is 987. The third-order valence-corrected chi connectivity index (χ3v) is 6.36. The van der Waals surface area contributed by atoms with Crippen LogP contribution < -0.4 is 16.1 Å². The fourth-order valence-electron chi connectivity index (χ4n) is 3.87. The van der Waals surface area contributed by atoms with Gasteiger partial charge in [0.2, 0.25) is 5.91 Å². The number of anilines is 1. The smallest absolute Gasteiger partial charge is 0.271 e. The van der Waals surface area contributed by atoms with Gasteiger partial charge >= 0.3 is 0 Å². The number of carbonyl (C=O) groups is 3. The quantitative estimate of drug-likeness (QED) is 0.189. The molecular weight excluding hydrogens is 483 g/mol. The molecule has 0 radical (unpaired) electrons. The van der Waals surface area contributed by atoms with Gasteiger partial charge in [-0.2, -0.15) is 5.10 Å². The summed E-state index contributed by atoms with van der Waals surface area (Å²) >= 11 is 12.2. The lowest BCUT2D eigenvalue weighted by molar-refractivity contribution is -0.129. The molecule has 2 aromatic rings. The minimum Gasteiger partial charge on any atom is -0.348 e. The van der Waals surface area contributed by atoms with Crippen LogP contribution in [0.4, 0.5) is 5.69 Å². The number of nitrogens with one attached hydrogen (secondary N) is 4. The molecule has 1 aromatic heterocycles. The molecule has 12 heteroatoms. The number of hydrogen-bond acceptors (Lipinski definition) is 6. The van der Waals surface area contributed by atoms with Gasteiger partial charge in [-0.05, 0) is 44.4 Å². The van der Waals surface area contributed by atoms with E-state index in [0.717, 1.165) is 51.7 Å². The number of aromatic nitrogens is 2. The molecule has 1 aliphatic heterocycles. The predicted octanol–water partition coefficient (Wildman–Crippen LogP) is 3.23. The summed E-state index contributed by atoms with van der Waals surface area (Å²) in [6, 6.07) is 4.78. The fourth-order valence-corrected chi connectivity index (χ4v) is 4.43. The summed E-state index contributed by atoms with van der Waals surface area (Å²) in [6.45, 7) is 2.65. The van der Waals surface area contributed by atoms with Crippen LogP contribution in [0.3, 0.4) is 0 Å². The van der Waals surface area contributed by atoms with E-state index in [1.165, 1.54) is 6.20 Å². The summed E-state index contributed by atoms with van der Waals surface area (Å²) in [4.78, 5) is 38.8. The number of hydroxylamine groups is 1. The van der Waals surface area contributed by atoms with Gasteiger partial charge in [0.1, 0.15) is 5.69 Å². The van der Waals surface area contributed by atoms with Crippen molar-refractivity contribution in [2.45, 2.75) is 44.6 Å². The van der Waals surface area contributed by atoms with Crippen molar-refractivity contribution >= 4 is 46.6 Å². The van der Waals surface area contributed by atoms with E-state index in [1.807, 2.05) is 0 Å². The zero-order valence-corrected chi connectivity index (χ0v) is 20.1. The van der Waals surface area contributed by atoms with Gasteiger partial charge < -0.3 is 15.5 Å². The second-order valence-corrected chi connectivity index (χ2v) is 8.96. The summed E-state index contributed by atoms with van der Waals surface area (Å²) in [7, 11) is 0. The normalized spacial score (nSPS) is 14.6. The summed E-state index contributed by atoms with van der Waals surface area (Å²) in [5, 5.41) is 21.1. The van der Waals surface area contributed by atoms with Crippen molar-refractivity contribution in [1.29, 1.82) is 0 Å². The van der Waals surface area contributed by atoms with Crippen molar-refractivity contribution in [2.24, 2.45) is 0 Å². The average Bonchev–Trinajstić information content (AvgIpc) is 3.27. The Labute approximate surface area is 207 Å². The standard InChI is InChI=1S/C22H28Cl2N6O4/c23-15-5-4-6-16(24)19(15)21(32)27-17-13-25-28-20(17)22(33)26-14-8-11-30(12-9-14)10-3-1-2-7-18(31)29-34/h4-6,13-14,34H,1-3,7-12H2,(H,25,28)(H,26,33)(H,27,32)(H,29,31). The van der Waals surface area contributed by atoms with Crippen LogP contribution in [-0.4, -0.2) is 63.7 Å². The minimum atomic E-state index is -0.531. The fraction of sp³-hybridized carbons (Fsp3) is 0.455. The number of carbonyl (C=O) groups excluding carboxylic acids is 3. The monoisotopic (exact) mass is 510 g/mol. The molecule has 1 aliphatic rings. The summed E-state index contributed by atoms with van der Waals surface area (Å²) in [6.07, 6.45) is 5.94. The Hall–Kier alpha value is -2.66. The van der Waals surface area contributed by atoms with Crippen molar-refractivity contribution in [3.05, 3.63) is 45.7 Å². The van der Waals surface area contributed by atoms with E-state index in [0.29, 0.717) is 6.42 Å². The Morgan fingerprint density at radius 1 is 1.09 bits per heavy atom. The highest BCUT2D eigenvalue weighted by molar-refractivity contribution is 6.40. The third-order valence-electron chi connectivity index (χ3n) is 5.73. The van der Waals surface area contributed by atoms with Crippen LogP contribution in [0, 0.1) is 0 Å². The second kappa shape index (κ2) is 12.7. The van der Waals surface area contributed by atoms with E-state index in [2.05, 4.69) is 25.7 Å². The van der Waals surface area contributed by atoms with Gasteiger partial charge in [-0.1, -0.05) is 35.7 Å². The Morgan fingerprint density at radius 3 is 2.47 bits per heavy atom. The number of amides is 3. The van der Waals surface area contributed by atoms with Crippen molar-refractivity contribution < 1.29 is 19.6 Å². The minimum absolute atomic E-state index is 0.0156. The van der Waals surface area contributed by atoms with Gasteiger partial charge in [0.15, 0.2) is 0 Å². The van der Waals surface area contributed by atoms with Gasteiger partial charge in [-0.3, -0.25) is 24.7 Å². The average molecular weight is 511 g/mol. The molecule has 0 unspecified atom stereocenters. The number of unbranched alkanes of at least 4 members (excludes halogenated alkanes) is 2. The largest absolute Gasteiger partial charge is 0.348 e. The molecule has 3 rings (SSSR count). The number of halogens is 2. The van der Waals surface area contributed by atoms with Crippen LogP contribution in [0.2, 0.25) is 10.0 Å². The molecule has 1 aromatic carbocycles. The van der Waals surface area contributed by atoms with Gasteiger partial charge in [0.25, 0.3) is 11.8 Å². The number of aromatic amines is 1. The lowest BCUT2D eigenvalue weighted by atomic mass is 10.0. The van der Waals surface area contributed by atoms with Gasteiger partial charge in [-0.25, -0.2) is 5.48 Å². The van der Waals surface area contributed by atoms with E-state index in [9.17, 15) is 14.4 Å². The van der Waals surface area contributed by atoms with Crippen LogP contribution in [0.25, 0.3) is 0 Å². The van der Waals surface area contributed by atoms with E-state index in [-0.39, 0.29) is 44.8 Å². The maximum Gasteiger partial charge on any atom is 0.271 e. The number of rotatable bonds is 10. The Kier molecular flexibility index (Phi) is 9.70. The lowest BCUT2D eigenvalue weighted by Crippen LogP contribution is -2.45. The maximum absolute atomic E-state index is 12.8. The zero-order chi connectivity index (χ0) is 24.5. The highest BCUT2D eigenvalue weighted by Gasteiger charge is 2.24. The summed E-state index contributed by atoms with van der Waals surface area (Å²) < 4.78 is 0. The SMILES string of the molecule is O=C(CCCCCN1CCC(NC(=O)c2[nH]ncc2NC(=O)c2c(Cl)cccc2Cl)CC1)NO. The molecule has 5 N–H and O–H groups in total.